The molecular weight excluding hydrogens is 206 g/mol. The summed E-state index contributed by atoms with van der Waals surface area (Å²) < 4.78 is 5.52. The fraction of sp³-hybridized carbons (Fsp3) is 0.333. The Morgan fingerprint density at radius 1 is 1.50 bits per heavy atom. The van der Waals surface area contributed by atoms with E-state index in [4.69, 9.17) is 10.00 Å². The highest BCUT2D eigenvalue weighted by molar-refractivity contribution is 6.03. The molecule has 0 fully saturated rings. The first kappa shape index (κ1) is 10.7. The van der Waals surface area contributed by atoms with Gasteiger partial charge in [0.2, 0.25) is 0 Å². The molecule has 4 nitrogen and oxygen atoms in total. The van der Waals surface area contributed by atoms with E-state index < -0.39 is 17.5 Å². The molecule has 1 aromatic carbocycles. The quantitative estimate of drug-likeness (QED) is 0.710. The molecule has 0 aromatic heterocycles. The number of benzene rings is 1. The van der Waals surface area contributed by atoms with E-state index in [0.29, 0.717) is 11.3 Å². The molecule has 1 atom stereocenters. The van der Waals surface area contributed by atoms with Crippen LogP contribution >= 0.6 is 0 Å². The maximum atomic E-state index is 11.9. The lowest BCUT2D eigenvalue weighted by Gasteiger charge is -2.35. The number of Topliss-reactive ketones (excluding diaryl/α,β-unsaturated/α-hetero) is 1. The molecule has 1 aromatic rings. The lowest BCUT2D eigenvalue weighted by atomic mass is 9.89. The third kappa shape index (κ3) is 1.46. The SMILES string of the molecule is CC1(C)Oc2ccc(C#N)cc2C(=O)C1O. The number of rotatable bonds is 0. The normalized spacial score (nSPS) is 21.9. The maximum Gasteiger partial charge on any atom is 0.199 e. The topological polar surface area (TPSA) is 70.3 Å². The van der Waals surface area contributed by atoms with Crippen molar-refractivity contribution in [3.63, 3.8) is 0 Å². The van der Waals surface area contributed by atoms with E-state index in [2.05, 4.69) is 0 Å². The van der Waals surface area contributed by atoms with Gasteiger partial charge in [0.15, 0.2) is 11.9 Å². The number of hydrogen-bond acceptors (Lipinski definition) is 4. The first-order chi connectivity index (χ1) is 7.45. The molecule has 1 N–H and O–H groups in total. The lowest BCUT2D eigenvalue weighted by molar-refractivity contribution is -0.0249. The molecule has 0 spiro atoms. The third-order valence-corrected chi connectivity index (χ3v) is 2.65. The fourth-order valence-corrected chi connectivity index (χ4v) is 1.68. The zero-order valence-corrected chi connectivity index (χ0v) is 9.02. The van der Waals surface area contributed by atoms with Crippen LogP contribution in [0.4, 0.5) is 0 Å². The largest absolute Gasteiger partial charge is 0.484 e. The first-order valence-corrected chi connectivity index (χ1v) is 4.91. The van der Waals surface area contributed by atoms with Crippen molar-refractivity contribution in [1.29, 1.82) is 5.26 Å². The van der Waals surface area contributed by atoms with Crippen molar-refractivity contribution in [3.8, 4) is 11.8 Å². The summed E-state index contributed by atoms with van der Waals surface area (Å²) in [6, 6.07) is 6.55. The van der Waals surface area contributed by atoms with E-state index in [9.17, 15) is 9.90 Å². The number of ether oxygens (including phenoxy) is 1. The molecule has 4 heteroatoms. The van der Waals surface area contributed by atoms with Crippen molar-refractivity contribution < 1.29 is 14.6 Å². The zero-order valence-electron chi connectivity index (χ0n) is 9.02. The molecule has 0 bridgehead atoms. The number of aliphatic hydroxyl groups is 1. The smallest absolute Gasteiger partial charge is 0.199 e. The van der Waals surface area contributed by atoms with E-state index in [-0.39, 0.29) is 5.56 Å². The van der Waals surface area contributed by atoms with Gasteiger partial charge in [-0.25, -0.2) is 0 Å². The van der Waals surface area contributed by atoms with Crippen LogP contribution in [0, 0.1) is 11.3 Å². The van der Waals surface area contributed by atoms with Crippen molar-refractivity contribution in [1.82, 2.24) is 0 Å². The van der Waals surface area contributed by atoms with Gasteiger partial charge in [-0.15, -0.1) is 0 Å². The monoisotopic (exact) mass is 217 g/mol. The standard InChI is InChI=1S/C12H11NO3/c1-12(2)11(15)10(14)8-5-7(6-13)3-4-9(8)16-12/h3-5,11,15H,1-2H3. The molecular formula is C12H11NO3. The number of aliphatic hydroxyl groups excluding tert-OH is 1. The minimum atomic E-state index is -1.20. The van der Waals surface area contributed by atoms with Crippen LogP contribution in [-0.4, -0.2) is 22.6 Å². The summed E-state index contributed by atoms with van der Waals surface area (Å²) in [5.74, 6) is 0.0163. The second-order valence-electron chi connectivity index (χ2n) is 4.30. The van der Waals surface area contributed by atoms with Crippen molar-refractivity contribution in [3.05, 3.63) is 29.3 Å². The van der Waals surface area contributed by atoms with Crippen LogP contribution in [0.3, 0.4) is 0 Å². The number of nitrogens with zero attached hydrogens (tertiary/aromatic N) is 1. The van der Waals surface area contributed by atoms with E-state index in [1.54, 1.807) is 26.0 Å². The van der Waals surface area contributed by atoms with Crippen LogP contribution in [0.2, 0.25) is 0 Å². The van der Waals surface area contributed by atoms with Crippen molar-refractivity contribution in [2.45, 2.75) is 25.6 Å². The Bertz CT molecular complexity index is 499. The molecule has 16 heavy (non-hydrogen) atoms. The summed E-state index contributed by atoms with van der Waals surface area (Å²) in [6.45, 7) is 3.30. The van der Waals surface area contributed by atoms with Gasteiger partial charge in [0.1, 0.15) is 11.4 Å². The number of nitriles is 1. The van der Waals surface area contributed by atoms with Crippen LogP contribution in [0.15, 0.2) is 18.2 Å². The Morgan fingerprint density at radius 2 is 2.19 bits per heavy atom. The summed E-state index contributed by atoms with van der Waals surface area (Å²) >= 11 is 0. The highest BCUT2D eigenvalue weighted by Crippen LogP contribution is 2.33. The Hall–Kier alpha value is -1.86. The third-order valence-electron chi connectivity index (χ3n) is 2.65. The van der Waals surface area contributed by atoms with Crippen LogP contribution < -0.4 is 4.74 Å². The lowest BCUT2D eigenvalue weighted by Crippen LogP contribution is -2.50. The van der Waals surface area contributed by atoms with Gasteiger partial charge in [-0.3, -0.25) is 4.79 Å². The molecule has 2 rings (SSSR count). The van der Waals surface area contributed by atoms with Crippen LogP contribution in [0.25, 0.3) is 0 Å². The summed E-state index contributed by atoms with van der Waals surface area (Å²) in [7, 11) is 0. The van der Waals surface area contributed by atoms with E-state index in [1.165, 1.54) is 6.07 Å². The summed E-state index contributed by atoms with van der Waals surface area (Å²) in [4.78, 5) is 11.9. The van der Waals surface area contributed by atoms with Crippen molar-refractivity contribution in [2.24, 2.45) is 0 Å². The van der Waals surface area contributed by atoms with E-state index >= 15 is 0 Å². The molecule has 1 unspecified atom stereocenters. The van der Waals surface area contributed by atoms with Crippen molar-refractivity contribution >= 4 is 5.78 Å². The average molecular weight is 217 g/mol. The minimum absolute atomic E-state index is 0.269. The highest BCUT2D eigenvalue weighted by atomic mass is 16.5. The Kier molecular flexibility index (Phi) is 2.21. The molecule has 1 aliphatic rings. The minimum Gasteiger partial charge on any atom is -0.484 e. The molecule has 0 aliphatic carbocycles. The second kappa shape index (κ2) is 3.32. The van der Waals surface area contributed by atoms with Gasteiger partial charge in [-0.1, -0.05) is 0 Å². The Labute approximate surface area is 93.1 Å². The summed E-state index contributed by atoms with van der Waals surface area (Å²) in [5, 5.41) is 18.5. The van der Waals surface area contributed by atoms with Crippen LogP contribution in [-0.2, 0) is 0 Å². The van der Waals surface area contributed by atoms with Gasteiger partial charge in [-0.2, -0.15) is 5.26 Å². The second-order valence-corrected chi connectivity index (χ2v) is 4.30. The number of carbonyl (C=O) groups excluding carboxylic acids is 1. The molecule has 0 amide bonds. The first-order valence-electron chi connectivity index (χ1n) is 4.91. The molecule has 0 saturated carbocycles. The molecule has 0 saturated heterocycles. The van der Waals surface area contributed by atoms with Gasteiger partial charge in [0.25, 0.3) is 0 Å². The predicted molar refractivity (Wildman–Crippen MR) is 56.2 cm³/mol. The summed E-state index contributed by atoms with van der Waals surface area (Å²) in [5.41, 5.74) is -0.286. The van der Waals surface area contributed by atoms with Gasteiger partial charge in [-0.05, 0) is 32.0 Å². The van der Waals surface area contributed by atoms with Crippen LogP contribution in [0.1, 0.15) is 29.8 Å². The average Bonchev–Trinajstić information content (AvgIpc) is 2.25. The number of ketones is 1. The molecule has 1 heterocycles. The predicted octanol–water partition coefficient (Wildman–Crippen LogP) is 1.27. The van der Waals surface area contributed by atoms with Gasteiger partial charge in [0, 0.05) is 0 Å². The Balaban J connectivity index is 2.56. The Morgan fingerprint density at radius 3 is 2.81 bits per heavy atom. The molecule has 1 aliphatic heterocycles. The number of fused-ring (bicyclic) bond motifs is 1. The van der Waals surface area contributed by atoms with Gasteiger partial charge < -0.3 is 9.84 Å². The van der Waals surface area contributed by atoms with Gasteiger partial charge in [0.05, 0.1) is 17.2 Å². The fourth-order valence-electron chi connectivity index (χ4n) is 1.68. The maximum absolute atomic E-state index is 11.9. The number of hydrogen-bond donors (Lipinski definition) is 1. The molecule has 0 radical (unpaired) electrons. The molecule has 82 valence electrons. The van der Waals surface area contributed by atoms with Gasteiger partial charge >= 0.3 is 0 Å². The highest BCUT2D eigenvalue weighted by Gasteiger charge is 2.41. The van der Waals surface area contributed by atoms with E-state index in [0.717, 1.165) is 0 Å². The summed E-state index contributed by atoms with van der Waals surface area (Å²) in [6.07, 6.45) is -1.20. The van der Waals surface area contributed by atoms with E-state index in [1.807, 2.05) is 6.07 Å². The van der Waals surface area contributed by atoms with Crippen LogP contribution in [0.5, 0.6) is 5.75 Å². The number of carbonyl (C=O) groups is 1. The van der Waals surface area contributed by atoms with Crippen molar-refractivity contribution in [2.75, 3.05) is 0 Å². The zero-order chi connectivity index (χ0) is 11.9.